The fourth-order valence-corrected chi connectivity index (χ4v) is 11.3. The van der Waals surface area contributed by atoms with Crippen LogP contribution in [0.25, 0.3) is 76.8 Å². The van der Waals surface area contributed by atoms with Crippen LogP contribution in [-0.2, 0) is 5.41 Å². The van der Waals surface area contributed by atoms with Gasteiger partial charge in [0, 0.05) is 16.9 Å². The van der Waals surface area contributed by atoms with E-state index in [-0.39, 0.29) is 0 Å². The van der Waals surface area contributed by atoms with Crippen molar-refractivity contribution in [1.82, 2.24) is 0 Å². The van der Waals surface area contributed by atoms with Crippen molar-refractivity contribution in [2.45, 2.75) is 5.41 Å². The molecule has 1 nitrogen and oxygen atoms in total. The van der Waals surface area contributed by atoms with Crippen LogP contribution >= 0.6 is 0 Å². The first-order valence-electron chi connectivity index (χ1n) is 23.6. The number of fused-ring (bicyclic) bond motifs is 7. The lowest BCUT2D eigenvalue weighted by molar-refractivity contribution is 0.768. The van der Waals surface area contributed by atoms with Crippen LogP contribution < -0.4 is 4.90 Å². The molecule has 0 saturated carbocycles. The molecule has 0 spiro atoms. The smallest absolute Gasteiger partial charge is 0.0714 e. The fourth-order valence-electron chi connectivity index (χ4n) is 11.3. The summed E-state index contributed by atoms with van der Waals surface area (Å²) in [6, 6.07) is 101. The van der Waals surface area contributed by atoms with Crippen molar-refractivity contribution in [1.29, 1.82) is 0 Å². The largest absolute Gasteiger partial charge is 0.310 e. The van der Waals surface area contributed by atoms with Crippen LogP contribution in [0.1, 0.15) is 22.3 Å². The van der Waals surface area contributed by atoms with E-state index in [0.717, 1.165) is 17.1 Å². The molecule has 1 heteroatoms. The van der Waals surface area contributed by atoms with Crippen LogP contribution in [0, 0.1) is 0 Å². The predicted molar refractivity (Wildman–Crippen MR) is 287 cm³/mol. The Morgan fingerprint density at radius 2 is 0.691 bits per heavy atom. The quantitative estimate of drug-likeness (QED) is 0.138. The molecule has 0 radical (unpaired) electrons. The summed E-state index contributed by atoms with van der Waals surface area (Å²) < 4.78 is 0. The third-order valence-corrected chi connectivity index (χ3v) is 14.4. The molecule has 0 aliphatic heterocycles. The van der Waals surface area contributed by atoms with Gasteiger partial charge < -0.3 is 4.90 Å². The van der Waals surface area contributed by atoms with E-state index in [1.807, 2.05) is 0 Å². The van der Waals surface area contributed by atoms with Crippen molar-refractivity contribution in [3.63, 3.8) is 0 Å². The Kier molecular flexibility index (Phi) is 9.47. The van der Waals surface area contributed by atoms with E-state index in [4.69, 9.17) is 0 Å². The molecule has 0 saturated heterocycles. The zero-order valence-corrected chi connectivity index (χ0v) is 37.4. The molecule has 0 unspecified atom stereocenters. The first-order chi connectivity index (χ1) is 33.7. The molecule has 13 rings (SSSR count). The minimum Gasteiger partial charge on any atom is -0.310 e. The van der Waals surface area contributed by atoms with Gasteiger partial charge in [0.15, 0.2) is 0 Å². The summed E-state index contributed by atoms with van der Waals surface area (Å²) in [6.45, 7) is 0. The van der Waals surface area contributed by atoms with Crippen LogP contribution in [-0.4, -0.2) is 0 Å². The van der Waals surface area contributed by atoms with E-state index >= 15 is 0 Å². The summed E-state index contributed by atoms with van der Waals surface area (Å²) in [7, 11) is 0. The lowest BCUT2D eigenvalue weighted by Crippen LogP contribution is -2.28. The van der Waals surface area contributed by atoms with Gasteiger partial charge in [-0.25, -0.2) is 0 Å². The summed E-state index contributed by atoms with van der Waals surface area (Å²) >= 11 is 0. The minimum atomic E-state index is -0.513. The molecule has 0 heterocycles. The molecule has 12 aromatic rings. The van der Waals surface area contributed by atoms with Gasteiger partial charge in [-0.15, -0.1) is 0 Å². The Hall–Kier alpha value is -8.78. The van der Waals surface area contributed by atoms with E-state index in [1.54, 1.807) is 0 Å². The molecule has 0 N–H and O–H groups in total. The number of rotatable bonds is 8. The van der Waals surface area contributed by atoms with Gasteiger partial charge in [0.1, 0.15) is 0 Å². The molecular weight excluding hydrogens is 819 g/mol. The van der Waals surface area contributed by atoms with Crippen molar-refractivity contribution >= 4 is 49.4 Å². The molecule has 1 aliphatic carbocycles. The van der Waals surface area contributed by atoms with Gasteiger partial charge in [0.25, 0.3) is 0 Å². The summed E-state index contributed by atoms with van der Waals surface area (Å²) in [4.78, 5) is 2.47. The maximum Gasteiger partial charge on any atom is 0.0714 e. The van der Waals surface area contributed by atoms with Crippen LogP contribution in [0.4, 0.5) is 17.1 Å². The number of hydrogen-bond donors (Lipinski definition) is 0. The second kappa shape index (κ2) is 16.3. The maximum absolute atomic E-state index is 2.47. The summed E-state index contributed by atoms with van der Waals surface area (Å²) in [5.41, 5.74) is 17.6. The molecule has 0 aromatic heterocycles. The van der Waals surface area contributed by atoms with Gasteiger partial charge in [-0.1, -0.05) is 243 Å². The SMILES string of the molecule is c1ccc(C2(c3ccccc3)c3ccccc3-c3c(N(c4ccc(-c5ccc(-c6cccc7ccccc67)cc5)cc4)c4ccc(-c5cccc6c5ccc5ccccc56)cc4)cccc32)cc1. The molecule has 0 amide bonds. The highest BCUT2D eigenvalue weighted by Gasteiger charge is 2.47. The molecule has 68 heavy (non-hydrogen) atoms. The average Bonchev–Trinajstić information content (AvgIpc) is 3.73. The third-order valence-electron chi connectivity index (χ3n) is 14.4. The Morgan fingerprint density at radius 3 is 1.37 bits per heavy atom. The zero-order valence-electron chi connectivity index (χ0n) is 37.4. The number of benzene rings is 12. The summed E-state index contributed by atoms with van der Waals surface area (Å²) in [5.74, 6) is 0. The minimum absolute atomic E-state index is 0.513. The van der Waals surface area contributed by atoms with E-state index in [1.165, 1.54) is 99.1 Å². The zero-order chi connectivity index (χ0) is 45.0. The van der Waals surface area contributed by atoms with Gasteiger partial charge in [-0.05, 0) is 124 Å². The van der Waals surface area contributed by atoms with E-state index in [0.29, 0.717) is 0 Å². The van der Waals surface area contributed by atoms with Crippen LogP contribution in [0.3, 0.4) is 0 Å². The monoisotopic (exact) mass is 863 g/mol. The van der Waals surface area contributed by atoms with Gasteiger partial charge in [0.05, 0.1) is 11.1 Å². The van der Waals surface area contributed by atoms with E-state index in [9.17, 15) is 0 Å². The number of hydrogen-bond acceptors (Lipinski definition) is 1. The van der Waals surface area contributed by atoms with Gasteiger partial charge in [-0.2, -0.15) is 0 Å². The highest BCUT2D eigenvalue weighted by molar-refractivity contribution is 6.12. The first kappa shape index (κ1) is 39.6. The number of anilines is 3. The first-order valence-corrected chi connectivity index (χ1v) is 23.6. The summed E-state index contributed by atoms with van der Waals surface area (Å²) in [6.07, 6.45) is 0. The lowest BCUT2D eigenvalue weighted by atomic mass is 9.68. The maximum atomic E-state index is 2.47. The standard InChI is InChI=1S/C67H45N/c1-3-19-52(20-4-1)67(53-21-5-2-6-22-53)63-29-12-11-25-62(63)66-64(67)30-15-31-65(66)68(55-43-38-51(39-44-55)59-27-14-28-60-58-24-10-8-17-49(58)40-45-61(59)60)54-41-36-47(37-42-54)46-32-34-50(35-33-46)57-26-13-18-48-16-7-9-23-56(48)57/h1-45H. The van der Waals surface area contributed by atoms with Gasteiger partial charge >= 0.3 is 0 Å². The highest BCUT2D eigenvalue weighted by atomic mass is 15.1. The van der Waals surface area contributed by atoms with Gasteiger partial charge in [0.2, 0.25) is 0 Å². The fraction of sp³-hybridized carbons (Fsp3) is 0.0149. The topological polar surface area (TPSA) is 3.24 Å². The number of nitrogens with zero attached hydrogens (tertiary/aromatic N) is 1. The Balaban J connectivity index is 0.967. The molecular formula is C67H45N. The highest BCUT2D eigenvalue weighted by Crippen LogP contribution is 2.59. The van der Waals surface area contributed by atoms with Crippen molar-refractivity contribution < 1.29 is 0 Å². The van der Waals surface area contributed by atoms with Crippen LogP contribution in [0.15, 0.2) is 273 Å². The average molecular weight is 864 g/mol. The Labute approximate surface area is 397 Å². The molecule has 0 fully saturated rings. The van der Waals surface area contributed by atoms with E-state index in [2.05, 4.69) is 278 Å². The lowest BCUT2D eigenvalue weighted by Gasteiger charge is -2.34. The van der Waals surface area contributed by atoms with Crippen LogP contribution in [0.2, 0.25) is 0 Å². The molecule has 0 atom stereocenters. The molecule has 318 valence electrons. The Morgan fingerprint density at radius 1 is 0.250 bits per heavy atom. The van der Waals surface area contributed by atoms with Crippen molar-refractivity contribution in [3.8, 4) is 44.5 Å². The molecule has 1 aliphatic rings. The van der Waals surface area contributed by atoms with Gasteiger partial charge in [-0.3, -0.25) is 0 Å². The predicted octanol–water partition coefficient (Wildman–Crippen LogP) is 18.0. The molecule has 0 bridgehead atoms. The van der Waals surface area contributed by atoms with Crippen LogP contribution in [0.5, 0.6) is 0 Å². The van der Waals surface area contributed by atoms with E-state index < -0.39 is 5.41 Å². The Bertz CT molecular complexity index is 3770. The third kappa shape index (κ3) is 6.32. The second-order valence-corrected chi connectivity index (χ2v) is 17.9. The normalized spacial score (nSPS) is 12.5. The summed E-state index contributed by atoms with van der Waals surface area (Å²) in [5, 5.41) is 7.59. The van der Waals surface area contributed by atoms with Crippen molar-refractivity contribution in [2.24, 2.45) is 0 Å². The molecule has 12 aromatic carbocycles. The van der Waals surface area contributed by atoms with Crippen molar-refractivity contribution in [2.75, 3.05) is 4.90 Å². The van der Waals surface area contributed by atoms with Crippen molar-refractivity contribution in [3.05, 3.63) is 295 Å². The second-order valence-electron chi connectivity index (χ2n) is 17.9.